The Morgan fingerprint density at radius 2 is 2.10 bits per heavy atom. The third-order valence-corrected chi connectivity index (χ3v) is 7.42. The molecule has 31 heavy (non-hydrogen) atoms. The summed E-state index contributed by atoms with van der Waals surface area (Å²) in [5, 5.41) is 11.1. The molecule has 1 fully saturated rings. The van der Waals surface area contributed by atoms with Crippen LogP contribution in [-0.2, 0) is 21.4 Å². The van der Waals surface area contributed by atoms with E-state index in [0.29, 0.717) is 30.7 Å². The van der Waals surface area contributed by atoms with E-state index in [9.17, 15) is 13.2 Å². The molecule has 4 rings (SSSR count). The van der Waals surface area contributed by atoms with Crippen molar-refractivity contribution in [3.8, 4) is 0 Å². The van der Waals surface area contributed by atoms with Gasteiger partial charge in [0.25, 0.3) is 0 Å². The highest BCUT2D eigenvalue weighted by Crippen LogP contribution is 2.26. The molecule has 3 aromatic rings. The van der Waals surface area contributed by atoms with Crippen molar-refractivity contribution >= 4 is 27.0 Å². The van der Waals surface area contributed by atoms with Crippen LogP contribution in [0.5, 0.6) is 0 Å². The smallest absolute Gasteiger partial charge is 0.243 e. The molecule has 9 nitrogen and oxygen atoms in total. The maximum Gasteiger partial charge on any atom is 0.243 e. The number of fused-ring (bicyclic) bond motifs is 1. The van der Waals surface area contributed by atoms with Gasteiger partial charge in [0.2, 0.25) is 15.9 Å². The number of rotatable bonds is 6. The van der Waals surface area contributed by atoms with E-state index >= 15 is 0 Å². The molecule has 1 aliphatic rings. The first-order valence-corrected chi connectivity index (χ1v) is 11.9. The Kier molecular flexibility index (Phi) is 5.85. The molecule has 10 heteroatoms. The number of amides is 1. The summed E-state index contributed by atoms with van der Waals surface area (Å²) >= 11 is 0. The summed E-state index contributed by atoms with van der Waals surface area (Å²) in [7, 11) is -3.74. The second-order valence-corrected chi connectivity index (χ2v) is 10.1. The van der Waals surface area contributed by atoms with Crippen LogP contribution < -0.4 is 5.32 Å². The zero-order chi connectivity index (χ0) is 22.2. The van der Waals surface area contributed by atoms with Gasteiger partial charge in [0, 0.05) is 19.1 Å². The average Bonchev–Trinajstić information content (AvgIpc) is 3.37. The molecule has 1 amide bonds. The van der Waals surface area contributed by atoms with Gasteiger partial charge in [0.1, 0.15) is 17.0 Å². The highest BCUT2D eigenvalue weighted by molar-refractivity contribution is 7.89. The minimum atomic E-state index is -3.74. The second kappa shape index (κ2) is 8.43. The molecule has 0 bridgehead atoms. The fourth-order valence-electron chi connectivity index (χ4n) is 3.89. The van der Waals surface area contributed by atoms with E-state index in [4.69, 9.17) is 4.42 Å². The maximum absolute atomic E-state index is 13.2. The van der Waals surface area contributed by atoms with Gasteiger partial charge in [0.05, 0.1) is 22.9 Å². The van der Waals surface area contributed by atoms with Crippen molar-refractivity contribution < 1.29 is 17.6 Å². The Hall–Kier alpha value is -2.72. The van der Waals surface area contributed by atoms with E-state index in [0.717, 1.165) is 11.3 Å². The van der Waals surface area contributed by atoms with E-state index in [1.807, 2.05) is 32.9 Å². The van der Waals surface area contributed by atoms with Crippen LogP contribution in [0.25, 0.3) is 11.0 Å². The number of furan rings is 1. The highest BCUT2D eigenvalue weighted by Gasteiger charge is 2.33. The predicted octanol–water partition coefficient (Wildman–Crippen LogP) is 2.63. The fourth-order valence-corrected chi connectivity index (χ4v) is 5.43. The largest absolute Gasteiger partial charge is 0.465 e. The number of sulfonamides is 1. The molecule has 0 saturated carbocycles. The number of carbonyl (C=O) groups excluding carboxylic acids is 1. The lowest BCUT2D eigenvalue weighted by molar-refractivity contribution is -0.126. The number of nitrogens with one attached hydrogen (secondary N) is 1. The van der Waals surface area contributed by atoms with Crippen molar-refractivity contribution in [3.63, 3.8) is 0 Å². The Bertz CT molecular complexity index is 1200. The molecule has 0 aliphatic carbocycles. The summed E-state index contributed by atoms with van der Waals surface area (Å²) in [6.45, 7) is 6.66. The number of piperidine rings is 1. The van der Waals surface area contributed by atoms with Crippen LogP contribution in [0.15, 0.2) is 39.6 Å². The second-order valence-electron chi connectivity index (χ2n) is 8.21. The molecule has 1 saturated heterocycles. The number of hydrogen-bond donors (Lipinski definition) is 1. The van der Waals surface area contributed by atoms with E-state index in [2.05, 4.69) is 15.6 Å². The van der Waals surface area contributed by atoms with Gasteiger partial charge in [-0.25, -0.2) is 13.1 Å². The van der Waals surface area contributed by atoms with Crippen molar-refractivity contribution in [3.05, 3.63) is 41.9 Å². The van der Waals surface area contributed by atoms with Crippen LogP contribution in [0.2, 0.25) is 0 Å². The first-order chi connectivity index (χ1) is 14.8. The van der Waals surface area contributed by atoms with Gasteiger partial charge < -0.3 is 9.73 Å². The number of aromatic nitrogens is 3. The summed E-state index contributed by atoms with van der Waals surface area (Å²) in [6.07, 6.45) is 1.28. The van der Waals surface area contributed by atoms with Crippen LogP contribution in [0, 0.1) is 12.8 Å². The van der Waals surface area contributed by atoms with Gasteiger partial charge in [-0.2, -0.15) is 4.31 Å². The molecule has 2 aromatic heterocycles. The van der Waals surface area contributed by atoms with Crippen LogP contribution in [0.3, 0.4) is 0 Å². The summed E-state index contributed by atoms with van der Waals surface area (Å²) in [6, 6.07) is 8.66. The van der Waals surface area contributed by atoms with Gasteiger partial charge in [-0.1, -0.05) is 5.21 Å². The first kappa shape index (κ1) is 21.5. The zero-order valence-corrected chi connectivity index (χ0v) is 18.7. The van der Waals surface area contributed by atoms with Gasteiger partial charge in [-0.15, -0.1) is 5.10 Å². The number of carbonyl (C=O) groups is 1. The van der Waals surface area contributed by atoms with Crippen LogP contribution in [-0.4, -0.2) is 46.7 Å². The molecular formula is C21H27N5O4S. The number of aryl methyl sites for hydroxylation is 1. The van der Waals surface area contributed by atoms with E-state index < -0.39 is 15.9 Å². The van der Waals surface area contributed by atoms with Gasteiger partial charge in [-0.05, 0) is 63.9 Å². The molecule has 166 valence electrons. The maximum atomic E-state index is 13.2. The number of hydrogen-bond acceptors (Lipinski definition) is 6. The lowest BCUT2D eigenvalue weighted by atomic mass is 9.99. The van der Waals surface area contributed by atoms with Gasteiger partial charge in [-0.3, -0.25) is 4.79 Å². The molecule has 1 aromatic carbocycles. The minimum Gasteiger partial charge on any atom is -0.465 e. The van der Waals surface area contributed by atoms with Crippen molar-refractivity contribution in [1.82, 2.24) is 24.6 Å². The van der Waals surface area contributed by atoms with Crippen molar-refractivity contribution in [2.75, 3.05) is 13.1 Å². The third kappa shape index (κ3) is 4.35. The molecule has 0 radical (unpaired) electrons. The Balaban J connectivity index is 1.47. The first-order valence-electron chi connectivity index (χ1n) is 10.4. The zero-order valence-electron chi connectivity index (χ0n) is 17.9. The predicted molar refractivity (Wildman–Crippen MR) is 115 cm³/mol. The third-order valence-electron chi connectivity index (χ3n) is 5.56. The average molecular weight is 446 g/mol. The lowest BCUT2D eigenvalue weighted by Gasteiger charge is -2.31. The highest BCUT2D eigenvalue weighted by atomic mass is 32.2. The van der Waals surface area contributed by atoms with E-state index in [1.54, 1.807) is 22.9 Å². The molecule has 1 atom stereocenters. The van der Waals surface area contributed by atoms with Gasteiger partial charge in [0.15, 0.2) is 0 Å². The van der Waals surface area contributed by atoms with Crippen LogP contribution in [0.4, 0.5) is 0 Å². The van der Waals surface area contributed by atoms with E-state index in [-0.39, 0.29) is 29.9 Å². The SMILES string of the molecule is Cc1ccc(CNC(=O)[C@H]2CCCN(S(=O)(=O)c3ccc4c(c3)nnn4C(C)C)C2)o1. The topological polar surface area (TPSA) is 110 Å². The molecule has 0 spiro atoms. The standard InChI is InChI=1S/C21H27N5O4S/c1-14(2)26-20-9-8-18(11-19(20)23-24-26)31(28,29)25-10-4-5-16(13-25)21(27)22-12-17-7-6-15(3)30-17/h6-9,11,14,16H,4-5,10,12-13H2,1-3H3,(H,22,27)/t16-/m0/s1. The van der Waals surface area contributed by atoms with Crippen molar-refractivity contribution in [2.24, 2.45) is 5.92 Å². The Morgan fingerprint density at radius 1 is 1.29 bits per heavy atom. The molecular weight excluding hydrogens is 418 g/mol. The number of nitrogens with zero attached hydrogens (tertiary/aromatic N) is 4. The van der Waals surface area contributed by atoms with Gasteiger partial charge >= 0.3 is 0 Å². The number of benzene rings is 1. The fraction of sp³-hybridized carbons (Fsp3) is 0.476. The Labute approximate surface area is 181 Å². The monoisotopic (exact) mass is 445 g/mol. The normalized spacial score (nSPS) is 18.0. The summed E-state index contributed by atoms with van der Waals surface area (Å²) in [5.74, 6) is 0.896. The van der Waals surface area contributed by atoms with Crippen LogP contribution in [0.1, 0.15) is 44.3 Å². The quantitative estimate of drug-likeness (QED) is 0.625. The van der Waals surface area contributed by atoms with Crippen molar-refractivity contribution in [1.29, 1.82) is 0 Å². The lowest BCUT2D eigenvalue weighted by Crippen LogP contribution is -2.45. The summed E-state index contributed by atoms with van der Waals surface area (Å²) in [5.41, 5.74) is 1.33. The molecule has 3 heterocycles. The van der Waals surface area contributed by atoms with Crippen LogP contribution >= 0.6 is 0 Å². The molecule has 1 aliphatic heterocycles. The Morgan fingerprint density at radius 3 is 2.81 bits per heavy atom. The summed E-state index contributed by atoms with van der Waals surface area (Å²) in [4.78, 5) is 12.8. The summed E-state index contributed by atoms with van der Waals surface area (Å²) < 4.78 is 35.1. The van der Waals surface area contributed by atoms with Crippen molar-refractivity contribution in [2.45, 2.75) is 51.1 Å². The van der Waals surface area contributed by atoms with E-state index in [1.165, 1.54) is 4.31 Å². The molecule has 0 unspecified atom stereocenters. The molecule has 1 N–H and O–H groups in total. The minimum absolute atomic E-state index is 0.124.